The SMILES string of the molecule is OC[C@H]1O[C@@H](n2cnc3c(N4CC5(CCCC5)c5c(F)cccc54)nc(Cl)nc32)[C@H](O)[C@@H]1O. The number of aliphatic hydroxyl groups is 3. The van der Waals surface area contributed by atoms with E-state index in [4.69, 9.17) is 16.3 Å². The highest BCUT2D eigenvalue weighted by Gasteiger charge is 2.48. The quantitative estimate of drug-likeness (QED) is 0.494. The number of benzene rings is 1. The predicted molar refractivity (Wildman–Crippen MR) is 117 cm³/mol. The molecule has 9 nitrogen and oxygen atoms in total. The fourth-order valence-corrected chi connectivity index (χ4v) is 5.90. The maximum atomic E-state index is 15.0. The van der Waals surface area contributed by atoms with Crippen molar-refractivity contribution in [1.82, 2.24) is 19.5 Å². The lowest BCUT2D eigenvalue weighted by Gasteiger charge is -2.25. The molecule has 0 amide bonds. The summed E-state index contributed by atoms with van der Waals surface area (Å²) in [5.41, 5.74) is 1.91. The number of nitrogens with zero attached hydrogens (tertiary/aromatic N) is 5. The van der Waals surface area contributed by atoms with Gasteiger partial charge < -0.3 is 25.0 Å². The number of aromatic nitrogens is 4. The molecule has 6 rings (SSSR count). The molecular weight excluding hydrogens is 453 g/mol. The molecule has 1 spiro atoms. The Labute approximate surface area is 193 Å². The van der Waals surface area contributed by atoms with Gasteiger partial charge in [0.15, 0.2) is 23.2 Å². The van der Waals surface area contributed by atoms with Gasteiger partial charge in [0.1, 0.15) is 24.1 Å². The Bertz CT molecular complexity index is 1230. The Morgan fingerprint density at radius 2 is 1.97 bits per heavy atom. The Kier molecular flexibility index (Phi) is 4.86. The van der Waals surface area contributed by atoms with Crippen molar-refractivity contribution >= 4 is 34.3 Å². The van der Waals surface area contributed by atoms with Crippen molar-refractivity contribution in [3.63, 3.8) is 0 Å². The summed E-state index contributed by atoms with van der Waals surface area (Å²) in [6.07, 6.45) is 0.827. The standard InChI is InChI=1S/C22H23ClFN5O4/c23-21-26-18(28-9-22(6-1-2-7-22)14-11(24)4-3-5-12(14)28)15-19(27-21)29(10-25-15)20-17(32)16(31)13(8-30)33-20/h3-5,10,13,16-17,20,30-32H,1-2,6-9H2/t13-,16-,17-,20-/m1/s1. The first-order chi connectivity index (χ1) is 15.9. The Morgan fingerprint density at radius 1 is 1.18 bits per heavy atom. The average Bonchev–Trinajstić information content (AvgIpc) is 3.56. The summed E-state index contributed by atoms with van der Waals surface area (Å²) < 4.78 is 22.2. The van der Waals surface area contributed by atoms with Crippen molar-refractivity contribution in [3.8, 4) is 0 Å². The first-order valence-corrected chi connectivity index (χ1v) is 11.4. The fourth-order valence-electron chi connectivity index (χ4n) is 5.74. The van der Waals surface area contributed by atoms with Crippen LogP contribution in [0.15, 0.2) is 24.5 Å². The molecule has 0 radical (unpaired) electrons. The van der Waals surface area contributed by atoms with E-state index in [2.05, 4.69) is 15.0 Å². The number of anilines is 2. The van der Waals surface area contributed by atoms with Crippen LogP contribution >= 0.6 is 11.6 Å². The van der Waals surface area contributed by atoms with Crippen molar-refractivity contribution in [2.75, 3.05) is 18.1 Å². The minimum atomic E-state index is -1.29. The molecule has 3 aliphatic rings. The highest BCUT2D eigenvalue weighted by Crippen LogP contribution is 2.53. The third-order valence-electron chi connectivity index (χ3n) is 7.26. The molecule has 0 bridgehead atoms. The number of halogens is 2. The Balaban J connectivity index is 1.48. The predicted octanol–water partition coefficient (Wildman–Crippen LogP) is 2.19. The van der Waals surface area contributed by atoms with E-state index >= 15 is 4.39 Å². The molecule has 0 unspecified atom stereocenters. The van der Waals surface area contributed by atoms with Crippen molar-refractivity contribution in [3.05, 3.63) is 41.2 Å². The largest absolute Gasteiger partial charge is 0.394 e. The highest BCUT2D eigenvalue weighted by atomic mass is 35.5. The second-order valence-corrected chi connectivity index (χ2v) is 9.41. The van der Waals surface area contributed by atoms with Crippen LogP contribution in [0.1, 0.15) is 37.5 Å². The number of aliphatic hydroxyl groups excluding tert-OH is 3. The van der Waals surface area contributed by atoms with Crippen LogP contribution < -0.4 is 4.90 Å². The second kappa shape index (κ2) is 7.57. The summed E-state index contributed by atoms with van der Waals surface area (Å²) in [5.74, 6) is 0.233. The molecule has 3 N–H and O–H groups in total. The minimum absolute atomic E-state index is 0.0312. The lowest BCUT2D eigenvalue weighted by Crippen LogP contribution is -2.33. The number of hydrogen-bond donors (Lipinski definition) is 3. The summed E-state index contributed by atoms with van der Waals surface area (Å²) in [6, 6.07) is 5.07. The van der Waals surface area contributed by atoms with Gasteiger partial charge in [0.25, 0.3) is 0 Å². The van der Waals surface area contributed by atoms with E-state index in [1.807, 2.05) is 11.0 Å². The molecule has 2 aromatic heterocycles. The van der Waals surface area contributed by atoms with Crippen LogP contribution in [0.25, 0.3) is 11.2 Å². The summed E-state index contributed by atoms with van der Waals surface area (Å²) in [5, 5.41) is 30.0. The summed E-state index contributed by atoms with van der Waals surface area (Å²) in [6.45, 7) is 0.118. The fraction of sp³-hybridized carbons (Fsp3) is 0.500. The molecule has 4 atom stereocenters. The summed E-state index contributed by atoms with van der Waals surface area (Å²) >= 11 is 6.31. The lowest BCUT2D eigenvalue weighted by molar-refractivity contribution is -0.0511. The van der Waals surface area contributed by atoms with Crippen LogP contribution in [0, 0.1) is 5.82 Å². The van der Waals surface area contributed by atoms with Crippen LogP contribution in [0.5, 0.6) is 0 Å². The van der Waals surface area contributed by atoms with Gasteiger partial charge in [0.05, 0.1) is 12.9 Å². The molecule has 1 saturated carbocycles. The zero-order valence-corrected chi connectivity index (χ0v) is 18.4. The number of rotatable bonds is 3. The van der Waals surface area contributed by atoms with Crippen LogP contribution in [-0.4, -0.2) is 66.3 Å². The smallest absolute Gasteiger partial charge is 0.226 e. The number of fused-ring (bicyclic) bond motifs is 3. The maximum Gasteiger partial charge on any atom is 0.226 e. The van der Waals surface area contributed by atoms with E-state index in [9.17, 15) is 15.3 Å². The highest BCUT2D eigenvalue weighted by molar-refractivity contribution is 6.28. The van der Waals surface area contributed by atoms with E-state index in [1.54, 1.807) is 6.07 Å². The van der Waals surface area contributed by atoms with Gasteiger partial charge in [-0.05, 0) is 36.6 Å². The number of ether oxygens (including phenoxy) is 1. The van der Waals surface area contributed by atoms with Gasteiger partial charge in [-0.25, -0.2) is 9.37 Å². The van der Waals surface area contributed by atoms with Crippen LogP contribution in [0.4, 0.5) is 15.9 Å². The Hall–Kier alpha value is -2.37. The van der Waals surface area contributed by atoms with Crippen LogP contribution in [0.3, 0.4) is 0 Å². The van der Waals surface area contributed by atoms with Crippen molar-refractivity contribution in [2.45, 2.75) is 55.6 Å². The third-order valence-corrected chi connectivity index (χ3v) is 7.43. The van der Waals surface area contributed by atoms with E-state index in [1.165, 1.54) is 17.0 Å². The van der Waals surface area contributed by atoms with E-state index in [-0.39, 0.29) is 16.5 Å². The molecular formula is C22H23ClFN5O4. The van der Waals surface area contributed by atoms with Crippen molar-refractivity contribution < 1.29 is 24.4 Å². The lowest BCUT2D eigenvalue weighted by atomic mass is 9.80. The van der Waals surface area contributed by atoms with Gasteiger partial charge in [-0.1, -0.05) is 18.9 Å². The minimum Gasteiger partial charge on any atom is -0.394 e. The molecule has 1 saturated heterocycles. The average molecular weight is 476 g/mol. The monoisotopic (exact) mass is 475 g/mol. The van der Waals surface area contributed by atoms with Gasteiger partial charge in [0, 0.05) is 23.2 Å². The van der Waals surface area contributed by atoms with Gasteiger partial charge in [-0.3, -0.25) is 4.57 Å². The van der Waals surface area contributed by atoms with Gasteiger partial charge in [0.2, 0.25) is 5.28 Å². The normalized spacial score (nSPS) is 28.3. The molecule has 4 heterocycles. The molecule has 2 fully saturated rings. The Morgan fingerprint density at radius 3 is 2.70 bits per heavy atom. The first kappa shape index (κ1) is 21.2. The van der Waals surface area contributed by atoms with Gasteiger partial charge >= 0.3 is 0 Å². The van der Waals surface area contributed by atoms with E-state index < -0.39 is 31.1 Å². The summed E-state index contributed by atoms with van der Waals surface area (Å²) in [7, 11) is 0. The topological polar surface area (TPSA) is 117 Å². The molecule has 1 aliphatic carbocycles. The first-order valence-electron chi connectivity index (χ1n) is 11.0. The van der Waals surface area contributed by atoms with Crippen molar-refractivity contribution in [2.24, 2.45) is 0 Å². The third kappa shape index (κ3) is 3.01. The van der Waals surface area contributed by atoms with Crippen LogP contribution in [-0.2, 0) is 10.2 Å². The zero-order chi connectivity index (χ0) is 22.9. The van der Waals surface area contributed by atoms with Gasteiger partial charge in [-0.2, -0.15) is 9.97 Å². The molecule has 1 aromatic carbocycles. The second-order valence-electron chi connectivity index (χ2n) is 9.08. The molecule has 2 aliphatic heterocycles. The molecule has 33 heavy (non-hydrogen) atoms. The van der Waals surface area contributed by atoms with E-state index in [0.29, 0.717) is 29.1 Å². The van der Waals surface area contributed by atoms with Crippen molar-refractivity contribution in [1.29, 1.82) is 0 Å². The molecule has 174 valence electrons. The maximum absolute atomic E-state index is 15.0. The molecule has 11 heteroatoms. The van der Waals surface area contributed by atoms with Gasteiger partial charge in [-0.15, -0.1) is 0 Å². The summed E-state index contributed by atoms with van der Waals surface area (Å²) in [4.78, 5) is 15.2. The number of hydrogen-bond acceptors (Lipinski definition) is 8. The zero-order valence-electron chi connectivity index (χ0n) is 17.6. The van der Waals surface area contributed by atoms with E-state index in [0.717, 1.165) is 31.4 Å². The number of imidazole rings is 1. The molecule has 3 aromatic rings. The van der Waals surface area contributed by atoms with Crippen LogP contribution in [0.2, 0.25) is 5.28 Å².